The van der Waals surface area contributed by atoms with Gasteiger partial charge in [0.15, 0.2) is 0 Å². The van der Waals surface area contributed by atoms with Crippen molar-refractivity contribution in [3.05, 3.63) is 54.1 Å². The Labute approximate surface area is 121 Å². The van der Waals surface area contributed by atoms with Crippen molar-refractivity contribution in [1.82, 2.24) is 5.32 Å². The maximum atomic E-state index is 10.6. The minimum absolute atomic E-state index is 0.604. The number of allylic oxidation sites excluding steroid dienone is 2. The highest BCUT2D eigenvalue weighted by Gasteiger charge is 2.26. The van der Waals surface area contributed by atoms with Gasteiger partial charge in [-0.1, -0.05) is 61.4 Å². The smallest absolute Gasteiger partial charge is 0.0989 e. The highest BCUT2D eigenvalue weighted by molar-refractivity contribution is 5.75. The lowest BCUT2D eigenvalue weighted by Gasteiger charge is -2.28. The lowest BCUT2D eigenvalue weighted by Crippen LogP contribution is -2.42. The van der Waals surface area contributed by atoms with Crippen LogP contribution in [0.2, 0.25) is 0 Å². The molecule has 1 unspecified atom stereocenters. The van der Waals surface area contributed by atoms with Crippen LogP contribution in [0.5, 0.6) is 0 Å². The van der Waals surface area contributed by atoms with E-state index >= 15 is 0 Å². The van der Waals surface area contributed by atoms with E-state index in [1.807, 2.05) is 24.3 Å². The second-order valence-corrected chi connectivity index (χ2v) is 6.03. The van der Waals surface area contributed by atoms with Gasteiger partial charge in [0, 0.05) is 12.6 Å². The van der Waals surface area contributed by atoms with E-state index in [0.717, 1.165) is 0 Å². The molecular weight excluding hydrogens is 246 g/mol. The number of hydrogen-bond acceptors (Lipinski definition) is 2. The van der Waals surface area contributed by atoms with Crippen molar-refractivity contribution >= 4 is 5.57 Å². The molecule has 1 fully saturated rings. The molecule has 0 amide bonds. The van der Waals surface area contributed by atoms with E-state index in [0.29, 0.717) is 19.0 Å². The predicted molar refractivity (Wildman–Crippen MR) is 83.4 cm³/mol. The molecule has 2 heteroatoms. The molecule has 1 atom stereocenters. The van der Waals surface area contributed by atoms with E-state index in [-0.39, 0.29) is 0 Å². The Balaban J connectivity index is 1.59. The van der Waals surface area contributed by atoms with Crippen molar-refractivity contribution in [2.45, 2.75) is 43.7 Å². The highest BCUT2D eigenvalue weighted by Crippen LogP contribution is 2.27. The van der Waals surface area contributed by atoms with Crippen LogP contribution in [0, 0.1) is 0 Å². The maximum Gasteiger partial charge on any atom is 0.0989 e. The fourth-order valence-corrected chi connectivity index (χ4v) is 3.09. The topological polar surface area (TPSA) is 32.3 Å². The summed E-state index contributed by atoms with van der Waals surface area (Å²) in [6, 6.07) is 10.9. The Kier molecular flexibility index (Phi) is 4.04. The Morgan fingerprint density at radius 2 is 1.90 bits per heavy atom. The Bertz CT molecular complexity index is 499. The summed E-state index contributed by atoms with van der Waals surface area (Å²) in [5, 5.41) is 14.1. The molecule has 3 rings (SSSR count). The van der Waals surface area contributed by atoms with Crippen molar-refractivity contribution in [2.75, 3.05) is 6.54 Å². The molecule has 0 aromatic heterocycles. The van der Waals surface area contributed by atoms with E-state index in [9.17, 15) is 5.11 Å². The predicted octanol–water partition coefficient (Wildman–Crippen LogP) is 3.29. The number of aliphatic hydroxyl groups is 1. The molecule has 0 radical (unpaired) electrons. The van der Waals surface area contributed by atoms with Gasteiger partial charge in [-0.2, -0.15) is 0 Å². The van der Waals surface area contributed by atoms with Crippen LogP contribution in [0.15, 0.2) is 48.6 Å². The Hall–Kier alpha value is -1.38. The molecule has 1 aromatic rings. The van der Waals surface area contributed by atoms with Crippen LogP contribution in [-0.2, 0) is 0 Å². The van der Waals surface area contributed by atoms with Crippen LogP contribution >= 0.6 is 0 Å². The molecule has 106 valence electrons. The van der Waals surface area contributed by atoms with Gasteiger partial charge in [-0.15, -0.1) is 0 Å². The monoisotopic (exact) mass is 269 g/mol. The third kappa shape index (κ3) is 3.20. The quantitative estimate of drug-likeness (QED) is 0.879. The van der Waals surface area contributed by atoms with Crippen LogP contribution in [0.25, 0.3) is 5.57 Å². The zero-order valence-electron chi connectivity index (χ0n) is 11.9. The Morgan fingerprint density at radius 1 is 1.15 bits per heavy atom. The van der Waals surface area contributed by atoms with Crippen LogP contribution in [-0.4, -0.2) is 23.3 Å². The summed E-state index contributed by atoms with van der Waals surface area (Å²) in [7, 11) is 0. The first-order chi connectivity index (χ1) is 9.75. The minimum atomic E-state index is -0.721. The zero-order chi connectivity index (χ0) is 13.8. The fourth-order valence-electron chi connectivity index (χ4n) is 3.09. The van der Waals surface area contributed by atoms with E-state index in [1.165, 1.54) is 36.8 Å². The Morgan fingerprint density at radius 3 is 2.55 bits per heavy atom. The minimum Gasteiger partial charge on any atom is -0.384 e. The average Bonchev–Trinajstić information content (AvgIpc) is 3.01. The largest absolute Gasteiger partial charge is 0.384 e. The maximum absolute atomic E-state index is 10.6. The van der Waals surface area contributed by atoms with Crippen molar-refractivity contribution < 1.29 is 5.11 Å². The molecule has 2 aliphatic carbocycles. The second-order valence-electron chi connectivity index (χ2n) is 6.03. The van der Waals surface area contributed by atoms with Gasteiger partial charge in [-0.05, 0) is 30.4 Å². The molecule has 0 bridgehead atoms. The van der Waals surface area contributed by atoms with Crippen LogP contribution in [0.1, 0.15) is 37.7 Å². The first-order valence-electron chi connectivity index (χ1n) is 7.66. The van der Waals surface area contributed by atoms with Gasteiger partial charge >= 0.3 is 0 Å². The average molecular weight is 269 g/mol. The summed E-state index contributed by atoms with van der Waals surface area (Å²) in [5.74, 6) is 0. The van der Waals surface area contributed by atoms with Crippen molar-refractivity contribution in [1.29, 1.82) is 0 Å². The number of rotatable bonds is 4. The summed E-state index contributed by atoms with van der Waals surface area (Å²) in [4.78, 5) is 0. The van der Waals surface area contributed by atoms with Crippen LogP contribution in [0.3, 0.4) is 0 Å². The van der Waals surface area contributed by atoms with E-state index in [2.05, 4.69) is 29.6 Å². The highest BCUT2D eigenvalue weighted by atomic mass is 16.3. The van der Waals surface area contributed by atoms with Gasteiger partial charge in [-0.25, -0.2) is 0 Å². The number of benzene rings is 1. The summed E-state index contributed by atoms with van der Waals surface area (Å²) in [6.45, 7) is 0.659. The molecule has 20 heavy (non-hydrogen) atoms. The normalized spacial score (nSPS) is 26.8. The second kappa shape index (κ2) is 5.94. The van der Waals surface area contributed by atoms with E-state index < -0.39 is 5.60 Å². The van der Waals surface area contributed by atoms with Gasteiger partial charge in [0.2, 0.25) is 0 Å². The summed E-state index contributed by atoms with van der Waals surface area (Å²) >= 11 is 0. The molecule has 0 saturated heterocycles. The van der Waals surface area contributed by atoms with Crippen molar-refractivity contribution in [3.8, 4) is 0 Å². The lowest BCUT2D eigenvalue weighted by molar-refractivity contribution is 0.0890. The van der Waals surface area contributed by atoms with Gasteiger partial charge in [0.05, 0.1) is 5.60 Å². The number of nitrogens with one attached hydrogen (secondary N) is 1. The lowest BCUT2D eigenvalue weighted by atomic mass is 9.89. The first kappa shape index (κ1) is 13.6. The van der Waals surface area contributed by atoms with E-state index in [4.69, 9.17) is 0 Å². The molecule has 2 nitrogen and oxygen atoms in total. The molecule has 2 aliphatic rings. The summed E-state index contributed by atoms with van der Waals surface area (Å²) in [6.07, 6.45) is 12.0. The third-order valence-electron chi connectivity index (χ3n) is 4.41. The van der Waals surface area contributed by atoms with E-state index in [1.54, 1.807) is 0 Å². The standard InChI is InChI=1S/C18H23NO/c20-18(14-19-17-8-4-5-9-17)12-10-16(11-13-18)15-6-2-1-3-7-15/h1-3,6-7,10-12,17,19-20H,4-5,8-9,13-14H2. The van der Waals surface area contributed by atoms with Gasteiger partial charge in [0.25, 0.3) is 0 Å². The molecule has 2 N–H and O–H groups in total. The molecule has 1 aromatic carbocycles. The third-order valence-corrected chi connectivity index (χ3v) is 4.41. The fraction of sp³-hybridized carbons (Fsp3) is 0.444. The zero-order valence-corrected chi connectivity index (χ0v) is 11.9. The summed E-state index contributed by atoms with van der Waals surface area (Å²) in [5.41, 5.74) is 1.70. The molecule has 0 aliphatic heterocycles. The molecule has 0 spiro atoms. The van der Waals surface area contributed by atoms with Crippen LogP contribution < -0.4 is 5.32 Å². The number of hydrogen-bond donors (Lipinski definition) is 2. The SMILES string of the molecule is OC1(CNC2CCCC2)C=CC(c2ccccc2)=CC1. The summed E-state index contributed by atoms with van der Waals surface area (Å²) < 4.78 is 0. The van der Waals surface area contributed by atoms with Gasteiger partial charge in [-0.3, -0.25) is 0 Å². The van der Waals surface area contributed by atoms with Crippen molar-refractivity contribution in [2.24, 2.45) is 0 Å². The van der Waals surface area contributed by atoms with Crippen LogP contribution in [0.4, 0.5) is 0 Å². The van der Waals surface area contributed by atoms with Gasteiger partial charge < -0.3 is 10.4 Å². The molecule has 0 heterocycles. The molecular formula is C18H23NO. The van der Waals surface area contributed by atoms with Gasteiger partial charge in [0.1, 0.15) is 0 Å². The molecule has 1 saturated carbocycles. The van der Waals surface area contributed by atoms with Crippen molar-refractivity contribution in [3.63, 3.8) is 0 Å². The first-order valence-corrected chi connectivity index (χ1v) is 7.66.